The molecule has 1 unspecified atom stereocenters. The van der Waals surface area contributed by atoms with E-state index in [2.05, 4.69) is 39.9 Å². The second-order valence-electron chi connectivity index (χ2n) is 3.36. The van der Waals surface area contributed by atoms with Gasteiger partial charge < -0.3 is 0 Å². The largest absolute Gasteiger partial charge is 0.271 e. The summed E-state index contributed by atoms with van der Waals surface area (Å²) in [5, 5.41) is 0.764. The van der Waals surface area contributed by atoms with Crippen molar-refractivity contribution >= 4 is 34.2 Å². The van der Waals surface area contributed by atoms with E-state index in [1.165, 1.54) is 0 Å². The van der Waals surface area contributed by atoms with Gasteiger partial charge in [-0.2, -0.15) is 0 Å². The van der Waals surface area contributed by atoms with Gasteiger partial charge >= 0.3 is 0 Å². The van der Waals surface area contributed by atoms with Gasteiger partial charge in [0.05, 0.1) is 5.02 Å². The average molecular weight is 349 g/mol. The molecular formula is C12H14ClIN2. The topological polar surface area (TPSA) is 38.0 Å². The lowest BCUT2D eigenvalue weighted by atomic mass is 10.0. The third kappa shape index (κ3) is 3.95. The van der Waals surface area contributed by atoms with Crippen LogP contribution in [0.5, 0.6) is 0 Å². The number of nitrogens with two attached hydrogens (primary N) is 1. The van der Waals surface area contributed by atoms with Crippen LogP contribution in [-0.2, 0) is 0 Å². The van der Waals surface area contributed by atoms with Crippen LogP contribution in [0.1, 0.15) is 31.4 Å². The van der Waals surface area contributed by atoms with Crippen molar-refractivity contribution < 1.29 is 0 Å². The summed E-state index contributed by atoms with van der Waals surface area (Å²) >= 11 is 8.28. The molecule has 0 amide bonds. The van der Waals surface area contributed by atoms with E-state index < -0.39 is 0 Å². The molecule has 16 heavy (non-hydrogen) atoms. The number of hydrogen-bond acceptors (Lipinski definition) is 2. The van der Waals surface area contributed by atoms with E-state index in [1.807, 2.05) is 25.1 Å². The van der Waals surface area contributed by atoms with Gasteiger partial charge in [0.15, 0.2) is 0 Å². The Morgan fingerprint density at radius 3 is 2.88 bits per heavy atom. The van der Waals surface area contributed by atoms with Crippen LogP contribution >= 0.6 is 34.2 Å². The van der Waals surface area contributed by atoms with Crippen LogP contribution in [0.15, 0.2) is 18.2 Å². The Morgan fingerprint density at radius 2 is 2.31 bits per heavy atom. The molecule has 4 heteroatoms. The Hall–Kier alpha value is -0.280. The quantitative estimate of drug-likeness (QED) is 0.379. The molecule has 1 atom stereocenters. The van der Waals surface area contributed by atoms with Crippen molar-refractivity contribution in [2.75, 3.05) is 0 Å². The molecule has 86 valence electrons. The predicted molar refractivity (Wildman–Crippen MR) is 76.9 cm³/mol. The highest BCUT2D eigenvalue weighted by atomic mass is 127. The Balaban J connectivity index is 2.77. The summed E-state index contributed by atoms with van der Waals surface area (Å²) in [7, 11) is 0. The summed E-state index contributed by atoms with van der Waals surface area (Å²) in [6, 6.07) is 6.09. The lowest BCUT2D eigenvalue weighted by Crippen LogP contribution is -2.27. The van der Waals surface area contributed by atoms with Gasteiger partial charge in [0.25, 0.3) is 0 Å². The fraction of sp³-hybridized carbons (Fsp3) is 0.333. The Kier molecular flexibility index (Phi) is 6.14. The van der Waals surface area contributed by atoms with Gasteiger partial charge in [-0.05, 0) is 53.6 Å². The zero-order valence-corrected chi connectivity index (χ0v) is 12.0. The van der Waals surface area contributed by atoms with Gasteiger partial charge in [0, 0.05) is 16.0 Å². The monoisotopic (exact) mass is 348 g/mol. The fourth-order valence-corrected chi connectivity index (χ4v) is 1.94. The molecule has 0 saturated heterocycles. The van der Waals surface area contributed by atoms with Gasteiger partial charge in [-0.15, -0.1) is 11.8 Å². The second kappa shape index (κ2) is 7.13. The molecule has 0 aliphatic rings. The SMILES string of the molecule is CC#CCCC(NN)c1ccc(I)c(Cl)c1. The van der Waals surface area contributed by atoms with Gasteiger partial charge in [0.1, 0.15) is 0 Å². The second-order valence-corrected chi connectivity index (χ2v) is 4.93. The zero-order chi connectivity index (χ0) is 12.0. The molecule has 0 fully saturated rings. The molecule has 0 aliphatic carbocycles. The van der Waals surface area contributed by atoms with Crippen LogP contribution in [0.2, 0.25) is 5.02 Å². The molecule has 0 spiro atoms. The minimum Gasteiger partial charge on any atom is -0.271 e. The molecule has 0 heterocycles. The van der Waals surface area contributed by atoms with E-state index in [9.17, 15) is 0 Å². The van der Waals surface area contributed by atoms with Crippen LogP contribution in [0.25, 0.3) is 0 Å². The predicted octanol–water partition coefficient (Wildman–Crippen LogP) is 3.25. The lowest BCUT2D eigenvalue weighted by molar-refractivity contribution is 0.524. The number of hydrogen-bond donors (Lipinski definition) is 2. The summed E-state index contributed by atoms with van der Waals surface area (Å²) in [6.07, 6.45) is 1.71. The molecule has 1 aromatic carbocycles. The normalized spacial score (nSPS) is 11.8. The molecule has 0 aliphatic heterocycles. The summed E-state index contributed by atoms with van der Waals surface area (Å²) in [4.78, 5) is 0. The molecule has 0 bridgehead atoms. The summed E-state index contributed by atoms with van der Waals surface area (Å²) in [6.45, 7) is 1.84. The molecule has 0 saturated carbocycles. The van der Waals surface area contributed by atoms with Crippen molar-refractivity contribution in [1.82, 2.24) is 5.43 Å². The lowest BCUT2D eigenvalue weighted by Gasteiger charge is -2.15. The van der Waals surface area contributed by atoms with Gasteiger partial charge in [-0.25, -0.2) is 0 Å². The van der Waals surface area contributed by atoms with Crippen LogP contribution in [0, 0.1) is 15.4 Å². The maximum absolute atomic E-state index is 6.07. The Morgan fingerprint density at radius 1 is 1.56 bits per heavy atom. The van der Waals surface area contributed by atoms with E-state index in [0.29, 0.717) is 0 Å². The van der Waals surface area contributed by atoms with Crippen molar-refractivity contribution in [3.05, 3.63) is 32.4 Å². The maximum atomic E-state index is 6.07. The third-order valence-corrected chi connectivity index (χ3v) is 3.85. The first-order valence-electron chi connectivity index (χ1n) is 4.99. The number of nitrogens with one attached hydrogen (secondary N) is 1. The van der Waals surface area contributed by atoms with E-state index in [1.54, 1.807) is 0 Å². The fourth-order valence-electron chi connectivity index (χ4n) is 1.42. The summed E-state index contributed by atoms with van der Waals surface area (Å²) in [5.41, 5.74) is 3.90. The maximum Gasteiger partial charge on any atom is 0.0542 e. The standard InChI is InChI=1S/C12H14ClIN2/c1-2-3-4-5-12(16-15)9-6-7-11(14)10(13)8-9/h6-8,12,16H,4-5,15H2,1H3. The highest BCUT2D eigenvalue weighted by Crippen LogP contribution is 2.24. The third-order valence-electron chi connectivity index (χ3n) is 2.28. The van der Waals surface area contributed by atoms with E-state index in [-0.39, 0.29) is 6.04 Å². The van der Waals surface area contributed by atoms with Crippen LogP contribution in [-0.4, -0.2) is 0 Å². The summed E-state index contributed by atoms with van der Waals surface area (Å²) in [5.74, 6) is 11.4. The molecule has 2 nitrogen and oxygen atoms in total. The molecule has 0 aromatic heterocycles. The summed E-state index contributed by atoms with van der Waals surface area (Å²) < 4.78 is 1.05. The van der Waals surface area contributed by atoms with Gasteiger partial charge in [-0.3, -0.25) is 11.3 Å². The van der Waals surface area contributed by atoms with E-state index >= 15 is 0 Å². The first-order chi connectivity index (χ1) is 7.69. The number of halogens is 2. The van der Waals surface area contributed by atoms with Crippen LogP contribution in [0.4, 0.5) is 0 Å². The first-order valence-corrected chi connectivity index (χ1v) is 6.45. The Labute approximate surface area is 115 Å². The number of hydrazine groups is 1. The number of benzene rings is 1. The molecule has 1 rings (SSSR count). The molecule has 3 N–H and O–H groups in total. The van der Waals surface area contributed by atoms with Crippen LogP contribution < -0.4 is 11.3 Å². The molecule has 1 aromatic rings. The smallest absolute Gasteiger partial charge is 0.0542 e. The highest BCUT2D eigenvalue weighted by molar-refractivity contribution is 14.1. The highest BCUT2D eigenvalue weighted by Gasteiger charge is 2.10. The van der Waals surface area contributed by atoms with Crippen molar-refractivity contribution in [3.63, 3.8) is 0 Å². The van der Waals surface area contributed by atoms with E-state index in [4.69, 9.17) is 17.4 Å². The first kappa shape index (κ1) is 13.8. The van der Waals surface area contributed by atoms with Crippen LogP contribution in [0.3, 0.4) is 0 Å². The number of rotatable bonds is 4. The van der Waals surface area contributed by atoms with Crippen molar-refractivity contribution in [2.24, 2.45) is 5.84 Å². The van der Waals surface area contributed by atoms with Crippen molar-refractivity contribution in [2.45, 2.75) is 25.8 Å². The molecular weight excluding hydrogens is 335 g/mol. The average Bonchev–Trinajstić information content (AvgIpc) is 2.29. The zero-order valence-electron chi connectivity index (χ0n) is 9.06. The van der Waals surface area contributed by atoms with Gasteiger partial charge in [0.2, 0.25) is 0 Å². The van der Waals surface area contributed by atoms with Crippen molar-refractivity contribution in [3.8, 4) is 11.8 Å². The van der Waals surface area contributed by atoms with E-state index in [0.717, 1.165) is 27.0 Å². The van der Waals surface area contributed by atoms with Crippen molar-refractivity contribution in [1.29, 1.82) is 0 Å². The minimum absolute atomic E-state index is 0.107. The van der Waals surface area contributed by atoms with Gasteiger partial charge in [-0.1, -0.05) is 17.7 Å². The minimum atomic E-state index is 0.107. The molecule has 0 radical (unpaired) electrons. The Bertz CT molecular complexity index is 409.